The van der Waals surface area contributed by atoms with Gasteiger partial charge in [-0.05, 0) is 103 Å². The van der Waals surface area contributed by atoms with E-state index in [2.05, 4.69) is 81.5 Å². The van der Waals surface area contributed by atoms with E-state index in [1.807, 2.05) is 0 Å². The molecular formula is C68H122O6. The second kappa shape index (κ2) is 62.6. The summed E-state index contributed by atoms with van der Waals surface area (Å²) in [6.45, 7) is 6.53. The molecule has 0 radical (unpaired) electrons. The fourth-order valence-electron chi connectivity index (χ4n) is 9.39. The molecule has 0 aliphatic rings. The van der Waals surface area contributed by atoms with E-state index in [0.717, 1.165) is 96.3 Å². The van der Waals surface area contributed by atoms with Gasteiger partial charge in [0.25, 0.3) is 0 Å². The van der Waals surface area contributed by atoms with E-state index in [9.17, 15) is 14.4 Å². The highest BCUT2D eigenvalue weighted by Crippen LogP contribution is 2.17. The zero-order chi connectivity index (χ0) is 53.6. The summed E-state index contributed by atoms with van der Waals surface area (Å²) in [5, 5.41) is 0. The van der Waals surface area contributed by atoms with E-state index < -0.39 is 6.10 Å². The van der Waals surface area contributed by atoms with Crippen molar-refractivity contribution in [3.05, 3.63) is 60.8 Å². The van der Waals surface area contributed by atoms with E-state index in [0.29, 0.717) is 19.3 Å². The smallest absolute Gasteiger partial charge is 0.306 e. The van der Waals surface area contributed by atoms with E-state index in [1.54, 1.807) is 0 Å². The third-order valence-corrected chi connectivity index (χ3v) is 14.2. The van der Waals surface area contributed by atoms with Gasteiger partial charge in [-0.15, -0.1) is 0 Å². The molecule has 0 heterocycles. The number of hydrogen-bond acceptors (Lipinski definition) is 6. The molecule has 0 rings (SSSR count). The third kappa shape index (κ3) is 60.0. The van der Waals surface area contributed by atoms with Gasteiger partial charge in [-0.2, -0.15) is 0 Å². The van der Waals surface area contributed by atoms with Gasteiger partial charge >= 0.3 is 17.9 Å². The Morgan fingerprint density at radius 1 is 0.284 bits per heavy atom. The molecule has 0 aromatic rings. The average Bonchev–Trinajstić information content (AvgIpc) is 3.40. The summed E-state index contributed by atoms with van der Waals surface area (Å²) in [6.07, 6.45) is 79.6. The first-order chi connectivity index (χ1) is 36.5. The molecule has 0 aromatic carbocycles. The van der Waals surface area contributed by atoms with Crippen molar-refractivity contribution >= 4 is 17.9 Å². The van der Waals surface area contributed by atoms with E-state index in [1.165, 1.54) is 199 Å². The van der Waals surface area contributed by atoms with Crippen LogP contribution in [0.25, 0.3) is 0 Å². The molecule has 0 fully saturated rings. The zero-order valence-electron chi connectivity index (χ0n) is 49.4. The van der Waals surface area contributed by atoms with Crippen LogP contribution in [-0.2, 0) is 28.6 Å². The normalized spacial score (nSPS) is 12.4. The van der Waals surface area contributed by atoms with Crippen LogP contribution >= 0.6 is 0 Å². The lowest BCUT2D eigenvalue weighted by Gasteiger charge is -2.18. The Morgan fingerprint density at radius 3 is 0.851 bits per heavy atom. The molecule has 0 saturated heterocycles. The summed E-state index contributed by atoms with van der Waals surface area (Å²) >= 11 is 0. The lowest BCUT2D eigenvalue weighted by atomic mass is 10.0. The molecule has 0 saturated carbocycles. The molecule has 0 spiro atoms. The van der Waals surface area contributed by atoms with Crippen LogP contribution in [0.1, 0.15) is 335 Å². The Balaban J connectivity index is 4.24. The quantitative estimate of drug-likeness (QED) is 0.0261. The lowest BCUT2D eigenvalue weighted by molar-refractivity contribution is -0.167. The molecule has 1 unspecified atom stereocenters. The van der Waals surface area contributed by atoms with Gasteiger partial charge < -0.3 is 14.2 Å². The predicted molar refractivity (Wildman–Crippen MR) is 321 cm³/mol. The van der Waals surface area contributed by atoms with Crippen LogP contribution in [0.15, 0.2) is 60.8 Å². The van der Waals surface area contributed by atoms with Crippen LogP contribution in [0.2, 0.25) is 0 Å². The minimum atomic E-state index is -0.790. The van der Waals surface area contributed by atoms with Crippen molar-refractivity contribution in [2.75, 3.05) is 13.2 Å². The molecule has 0 aliphatic heterocycles. The fourth-order valence-corrected chi connectivity index (χ4v) is 9.39. The summed E-state index contributed by atoms with van der Waals surface area (Å²) in [5.41, 5.74) is 0. The molecule has 6 heteroatoms. The van der Waals surface area contributed by atoms with Gasteiger partial charge in [-0.1, -0.05) is 274 Å². The summed E-state index contributed by atoms with van der Waals surface area (Å²) in [4.78, 5) is 38.2. The molecule has 0 bridgehead atoms. The third-order valence-electron chi connectivity index (χ3n) is 14.2. The number of unbranched alkanes of at least 4 members (excludes halogenated alkanes) is 38. The fraction of sp³-hybridized carbons (Fsp3) is 0.809. The van der Waals surface area contributed by atoms with Gasteiger partial charge in [0.05, 0.1) is 0 Å². The Labute approximate surface area is 460 Å². The molecule has 6 nitrogen and oxygen atoms in total. The van der Waals surface area contributed by atoms with Crippen molar-refractivity contribution in [3.63, 3.8) is 0 Å². The maximum Gasteiger partial charge on any atom is 0.306 e. The van der Waals surface area contributed by atoms with Gasteiger partial charge in [-0.3, -0.25) is 14.4 Å². The van der Waals surface area contributed by atoms with Crippen LogP contribution < -0.4 is 0 Å². The van der Waals surface area contributed by atoms with Crippen LogP contribution in [0.3, 0.4) is 0 Å². The SMILES string of the molecule is CC/C=C\C/C=C\C/C=C\CCCCCC(=O)OCC(COC(=O)CCCCCCCCCCCCCCCCC/C=C\CCCCCCCCCC)OC(=O)CCCCCCC/C=C\CCCCCCCCC. The van der Waals surface area contributed by atoms with E-state index in [-0.39, 0.29) is 31.1 Å². The van der Waals surface area contributed by atoms with Crippen LogP contribution in [-0.4, -0.2) is 37.2 Å². The Bertz CT molecular complexity index is 1330. The Morgan fingerprint density at radius 2 is 0.527 bits per heavy atom. The maximum absolute atomic E-state index is 12.9. The van der Waals surface area contributed by atoms with Gasteiger partial charge in [0.15, 0.2) is 6.10 Å². The molecule has 430 valence electrons. The minimum Gasteiger partial charge on any atom is -0.462 e. The molecule has 0 N–H and O–H groups in total. The summed E-state index contributed by atoms with van der Waals surface area (Å²) in [6, 6.07) is 0. The summed E-state index contributed by atoms with van der Waals surface area (Å²) < 4.78 is 16.9. The Kier molecular flexibility index (Phi) is 60.2. The second-order valence-electron chi connectivity index (χ2n) is 21.6. The molecule has 1 atom stereocenters. The second-order valence-corrected chi connectivity index (χ2v) is 21.6. The maximum atomic E-state index is 12.9. The van der Waals surface area contributed by atoms with Crippen LogP contribution in [0.5, 0.6) is 0 Å². The Hall–Kier alpha value is -2.89. The average molecular weight is 1040 g/mol. The molecule has 0 aliphatic carbocycles. The number of rotatable bonds is 59. The monoisotopic (exact) mass is 1030 g/mol. The zero-order valence-corrected chi connectivity index (χ0v) is 49.4. The van der Waals surface area contributed by atoms with Crippen molar-refractivity contribution in [3.8, 4) is 0 Å². The highest BCUT2D eigenvalue weighted by molar-refractivity contribution is 5.71. The van der Waals surface area contributed by atoms with Crippen molar-refractivity contribution < 1.29 is 28.6 Å². The van der Waals surface area contributed by atoms with Gasteiger partial charge in [0.2, 0.25) is 0 Å². The number of carbonyl (C=O) groups is 3. The van der Waals surface area contributed by atoms with Gasteiger partial charge in [-0.25, -0.2) is 0 Å². The first-order valence-electron chi connectivity index (χ1n) is 32.3. The number of allylic oxidation sites excluding steroid dienone is 10. The number of carbonyl (C=O) groups excluding carboxylic acids is 3. The van der Waals surface area contributed by atoms with Crippen molar-refractivity contribution in [2.45, 2.75) is 341 Å². The summed E-state index contributed by atoms with van der Waals surface area (Å²) in [7, 11) is 0. The highest BCUT2D eigenvalue weighted by atomic mass is 16.6. The number of esters is 3. The first-order valence-corrected chi connectivity index (χ1v) is 32.3. The highest BCUT2D eigenvalue weighted by Gasteiger charge is 2.19. The first kappa shape index (κ1) is 71.1. The lowest BCUT2D eigenvalue weighted by Crippen LogP contribution is -2.30. The topological polar surface area (TPSA) is 78.9 Å². The largest absolute Gasteiger partial charge is 0.462 e. The minimum absolute atomic E-state index is 0.0847. The molecule has 74 heavy (non-hydrogen) atoms. The van der Waals surface area contributed by atoms with Gasteiger partial charge in [0, 0.05) is 19.3 Å². The number of hydrogen-bond donors (Lipinski definition) is 0. The van der Waals surface area contributed by atoms with Gasteiger partial charge in [0.1, 0.15) is 13.2 Å². The van der Waals surface area contributed by atoms with Crippen LogP contribution in [0, 0.1) is 0 Å². The van der Waals surface area contributed by atoms with Crippen molar-refractivity contribution in [2.24, 2.45) is 0 Å². The van der Waals surface area contributed by atoms with Crippen LogP contribution in [0.4, 0.5) is 0 Å². The molecule has 0 aromatic heterocycles. The standard InChI is InChI=1S/C68H122O6/c1-4-7-10-13-16-19-22-25-27-29-30-31-32-33-34-35-36-37-38-39-41-43-46-49-52-55-58-61-67(70)73-64-65(63-72-66(69)60-57-54-51-48-45-42-24-21-18-15-12-9-6-3)74-68(71)62-59-56-53-50-47-44-40-28-26-23-20-17-14-11-8-5-2/h9,12,18,21,28-30,40,42,45,65H,4-8,10-11,13-17,19-20,22-27,31-39,41,43-44,46-64H2,1-3H3/b12-9-,21-18-,30-29-,40-28-,45-42-. The van der Waals surface area contributed by atoms with E-state index >= 15 is 0 Å². The summed E-state index contributed by atoms with van der Waals surface area (Å²) in [5.74, 6) is -0.908. The van der Waals surface area contributed by atoms with Crippen molar-refractivity contribution in [1.29, 1.82) is 0 Å². The van der Waals surface area contributed by atoms with E-state index in [4.69, 9.17) is 14.2 Å². The molecular weight excluding hydrogens is 913 g/mol. The van der Waals surface area contributed by atoms with Crippen molar-refractivity contribution in [1.82, 2.24) is 0 Å². The molecule has 0 amide bonds. The predicted octanol–water partition coefficient (Wildman–Crippen LogP) is 21.9. The number of ether oxygens (including phenoxy) is 3.